The number of ether oxygens (including phenoxy) is 2. The zero-order valence-electron chi connectivity index (χ0n) is 16.0. The predicted molar refractivity (Wildman–Crippen MR) is 101 cm³/mol. The van der Waals surface area contributed by atoms with Crippen molar-refractivity contribution in [3.63, 3.8) is 0 Å². The van der Waals surface area contributed by atoms with E-state index in [1.807, 2.05) is 0 Å². The first-order valence-corrected chi connectivity index (χ1v) is 8.99. The molecular formula is C21H22O8. The van der Waals surface area contributed by atoms with Gasteiger partial charge in [-0.1, -0.05) is 6.08 Å². The number of aliphatic hydroxyl groups is 2. The fourth-order valence-corrected chi connectivity index (χ4v) is 3.49. The number of aliphatic hydroxyl groups excluding tert-OH is 1. The van der Waals surface area contributed by atoms with Crippen LogP contribution in [-0.2, 0) is 14.3 Å². The fraction of sp³-hybridized carbons (Fsp3) is 0.333. The van der Waals surface area contributed by atoms with Crippen LogP contribution in [0.15, 0.2) is 47.8 Å². The minimum Gasteiger partial charge on any atom is -0.508 e. The number of esters is 1. The standard InChI is InChI=1S/C21H22O8/c1-11-6-13(23)9-16(24)18(11)20(26)29-19-15-10-28-14(4-3-5-22)7-12(15)8-17(25)21(19,2)27/h3-4,6-9,15,19,22-24,27H,5,10H2,1-2H3/t15-,19+,21-/m1/s1. The highest BCUT2D eigenvalue weighted by Gasteiger charge is 2.51. The van der Waals surface area contributed by atoms with Crippen LogP contribution in [0.5, 0.6) is 11.5 Å². The van der Waals surface area contributed by atoms with Crippen LogP contribution < -0.4 is 0 Å². The second-order valence-corrected chi connectivity index (χ2v) is 7.19. The molecule has 1 aromatic carbocycles. The van der Waals surface area contributed by atoms with E-state index in [1.54, 1.807) is 12.2 Å². The lowest BCUT2D eigenvalue weighted by Crippen LogP contribution is -2.56. The van der Waals surface area contributed by atoms with E-state index in [1.165, 1.54) is 32.1 Å². The molecule has 0 amide bonds. The molecule has 0 bridgehead atoms. The van der Waals surface area contributed by atoms with Gasteiger partial charge in [0.25, 0.3) is 0 Å². The SMILES string of the molecule is Cc1cc(O)cc(O)c1C(=O)O[C@H]1[C@@H]2COC(C=CCO)=CC2=CC(=O)[C@@]1(C)O. The summed E-state index contributed by atoms with van der Waals surface area (Å²) in [6.45, 7) is 2.63. The van der Waals surface area contributed by atoms with Crippen LogP contribution in [-0.4, -0.2) is 57.1 Å². The van der Waals surface area contributed by atoms with Crippen molar-refractivity contribution in [2.24, 2.45) is 5.92 Å². The number of allylic oxidation sites excluding steroid dienone is 2. The number of carbonyl (C=O) groups excluding carboxylic acids is 2. The molecule has 1 heterocycles. The topological polar surface area (TPSA) is 134 Å². The van der Waals surface area contributed by atoms with Crippen LogP contribution in [0.2, 0.25) is 0 Å². The lowest BCUT2D eigenvalue weighted by molar-refractivity contribution is -0.151. The van der Waals surface area contributed by atoms with Crippen molar-refractivity contribution < 1.29 is 39.5 Å². The number of benzene rings is 1. The number of phenols is 2. The molecule has 3 atom stereocenters. The molecular weight excluding hydrogens is 380 g/mol. The number of ketones is 1. The first kappa shape index (κ1) is 20.6. The molecule has 3 rings (SSSR count). The maximum absolute atomic E-state index is 12.7. The van der Waals surface area contributed by atoms with Crippen molar-refractivity contribution in [2.75, 3.05) is 13.2 Å². The Balaban J connectivity index is 1.94. The Morgan fingerprint density at radius 3 is 2.72 bits per heavy atom. The van der Waals surface area contributed by atoms with E-state index in [-0.39, 0.29) is 30.1 Å². The van der Waals surface area contributed by atoms with E-state index < -0.39 is 35.1 Å². The van der Waals surface area contributed by atoms with Gasteiger partial charge in [-0.25, -0.2) is 4.79 Å². The van der Waals surface area contributed by atoms with Crippen molar-refractivity contribution in [3.8, 4) is 11.5 Å². The number of hydrogen-bond acceptors (Lipinski definition) is 8. The molecule has 2 aliphatic rings. The smallest absolute Gasteiger partial charge is 0.342 e. The minimum atomic E-state index is -1.99. The summed E-state index contributed by atoms with van der Waals surface area (Å²) in [5.41, 5.74) is -1.35. The van der Waals surface area contributed by atoms with Crippen LogP contribution in [0, 0.1) is 12.8 Å². The molecule has 0 unspecified atom stereocenters. The normalized spacial score (nSPS) is 26.4. The Morgan fingerprint density at radius 1 is 1.34 bits per heavy atom. The van der Waals surface area contributed by atoms with E-state index >= 15 is 0 Å². The quantitative estimate of drug-likeness (QED) is 0.554. The average Bonchev–Trinajstić information content (AvgIpc) is 2.63. The summed E-state index contributed by atoms with van der Waals surface area (Å²) in [7, 11) is 0. The second-order valence-electron chi connectivity index (χ2n) is 7.19. The van der Waals surface area contributed by atoms with Crippen molar-refractivity contribution in [2.45, 2.75) is 25.6 Å². The number of phenolic OH excluding ortho intramolecular Hbond substituents is 2. The van der Waals surface area contributed by atoms with Crippen molar-refractivity contribution in [3.05, 3.63) is 58.9 Å². The van der Waals surface area contributed by atoms with Gasteiger partial charge in [0.05, 0.1) is 19.1 Å². The van der Waals surface area contributed by atoms with Gasteiger partial charge in [0, 0.05) is 6.07 Å². The van der Waals surface area contributed by atoms with Crippen LogP contribution in [0.3, 0.4) is 0 Å². The Kier molecular flexibility index (Phi) is 5.50. The Hall–Kier alpha value is -3.10. The number of fused-ring (bicyclic) bond motifs is 1. The summed E-state index contributed by atoms with van der Waals surface area (Å²) in [4.78, 5) is 25.2. The maximum Gasteiger partial charge on any atom is 0.342 e. The van der Waals surface area contributed by atoms with Gasteiger partial charge in [-0.3, -0.25) is 4.79 Å². The summed E-state index contributed by atoms with van der Waals surface area (Å²) in [5, 5.41) is 39.2. The Labute approximate surface area is 167 Å². The molecule has 0 fully saturated rings. The van der Waals surface area contributed by atoms with Gasteiger partial charge in [0.2, 0.25) is 0 Å². The third-order valence-corrected chi connectivity index (χ3v) is 5.01. The molecule has 0 saturated carbocycles. The third-order valence-electron chi connectivity index (χ3n) is 5.01. The lowest BCUT2D eigenvalue weighted by Gasteiger charge is -2.41. The number of aromatic hydroxyl groups is 2. The highest BCUT2D eigenvalue weighted by molar-refractivity contribution is 6.00. The zero-order valence-corrected chi connectivity index (χ0v) is 16.0. The molecule has 8 heteroatoms. The molecule has 8 nitrogen and oxygen atoms in total. The van der Waals surface area contributed by atoms with Gasteiger partial charge < -0.3 is 29.9 Å². The fourth-order valence-electron chi connectivity index (χ4n) is 3.49. The summed E-state index contributed by atoms with van der Waals surface area (Å²) < 4.78 is 11.1. The number of hydrogen-bond donors (Lipinski definition) is 4. The largest absolute Gasteiger partial charge is 0.508 e. The summed E-state index contributed by atoms with van der Waals surface area (Å²) >= 11 is 0. The van der Waals surface area contributed by atoms with Crippen LogP contribution in [0.1, 0.15) is 22.8 Å². The van der Waals surface area contributed by atoms with E-state index in [2.05, 4.69) is 0 Å². The Bertz CT molecular complexity index is 915. The summed E-state index contributed by atoms with van der Waals surface area (Å²) in [6.07, 6.45) is 4.63. The van der Waals surface area contributed by atoms with Gasteiger partial charge in [0.15, 0.2) is 11.4 Å². The Morgan fingerprint density at radius 2 is 2.07 bits per heavy atom. The van der Waals surface area contributed by atoms with Crippen LogP contribution in [0.4, 0.5) is 0 Å². The van der Waals surface area contributed by atoms with E-state index in [4.69, 9.17) is 14.6 Å². The van der Waals surface area contributed by atoms with Crippen molar-refractivity contribution >= 4 is 11.8 Å². The zero-order chi connectivity index (χ0) is 21.3. The maximum atomic E-state index is 12.7. The first-order valence-electron chi connectivity index (χ1n) is 8.99. The first-order chi connectivity index (χ1) is 13.6. The number of aryl methyl sites for hydroxylation is 1. The van der Waals surface area contributed by atoms with E-state index in [0.29, 0.717) is 11.3 Å². The molecule has 154 valence electrons. The molecule has 0 radical (unpaired) electrons. The van der Waals surface area contributed by atoms with Gasteiger partial charge >= 0.3 is 5.97 Å². The molecule has 0 spiro atoms. The van der Waals surface area contributed by atoms with Crippen molar-refractivity contribution in [1.82, 2.24) is 0 Å². The molecule has 29 heavy (non-hydrogen) atoms. The van der Waals surface area contributed by atoms with Crippen LogP contribution in [0.25, 0.3) is 0 Å². The molecule has 0 aromatic heterocycles. The number of carbonyl (C=O) groups is 2. The predicted octanol–water partition coefficient (Wildman–Crippen LogP) is 1.27. The molecule has 1 aliphatic heterocycles. The van der Waals surface area contributed by atoms with E-state index in [9.17, 15) is 24.9 Å². The van der Waals surface area contributed by atoms with E-state index in [0.717, 1.165) is 6.07 Å². The number of rotatable bonds is 4. The monoisotopic (exact) mass is 402 g/mol. The van der Waals surface area contributed by atoms with Crippen LogP contribution >= 0.6 is 0 Å². The van der Waals surface area contributed by atoms with Gasteiger partial charge in [-0.2, -0.15) is 0 Å². The third kappa shape index (κ3) is 3.90. The summed E-state index contributed by atoms with van der Waals surface area (Å²) in [5.74, 6) is -2.44. The summed E-state index contributed by atoms with van der Waals surface area (Å²) in [6, 6.07) is 2.29. The second kappa shape index (κ2) is 7.73. The van der Waals surface area contributed by atoms with Gasteiger partial charge in [-0.15, -0.1) is 0 Å². The molecule has 4 N–H and O–H groups in total. The van der Waals surface area contributed by atoms with Crippen molar-refractivity contribution in [1.29, 1.82) is 0 Å². The molecule has 1 aromatic rings. The highest BCUT2D eigenvalue weighted by atomic mass is 16.6. The van der Waals surface area contributed by atoms with Gasteiger partial charge in [-0.05, 0) is 49.3 Å². The minimum absolute atomic E-state index is 0.0371. The molecule has 1 aliphatic carbocycles. The van der Waals surface area contributed by atoms with Gasteiger partial charge in [0.1, 0.15) is 28.9 Å². The molecule has 0 saturated heterocycles. The average molecular weight is 402 g/mol. The highest BCUT2D eigenvalue weighted by Crippen LogP contribution is 2.38. The lowest BCUT2D eigenvalue weighted by atomic mass is 9.75.